The van der Waals surface area contributed by atoms with E-state index in [2.05, 4.69) is 37.0 Å². The van der Waals surface area contributed by atoms with Gasteiger partial charge in [-0.15, -0.1) is 0 Å². The van der Waals surface area contributed by atoms with E-state index >= 15 is 0 Å². The Balaban J connectivity index is 1.39. The van der Waals surface area contributed by atoms with Crippen LogP contribution < -0.4 is 0 Å². The van der Waals surface area contributed by atoms with Crippen LogP contribution >= 0.6 is 11.6 Å². The van der Waals surface area contributed by atoms with Crippen LogP contribution in [0.4, 0.5) is 8.78 Å². The SMILES string of the molecule is CCCCCCC[C@@H]1CC[C@@H]2c3ccc(C#Cc4cc(F)c(Cl)c(F)c4)cc3CC[C@@H]2C1. The molecular weight excluding hydrogens is 422 g/mol. The lowest BCUT2D eigenvalue weighted by Gasteiger charge is -2.40. The average Bonchev–Trinajstić information content (AvgIpc) is 2.80. The van der Waals surface area contributed by atoms with Gasteiger partial charge in [-0.1, -0.05) is 75.0 Å². The van der Waals surface area contributed by atoms with Gasteiger partial charge in [0.15, 0.2) is 0 Å². The van der Waals surface area contributed by atoms with Gasteiger partial charge in [-0.2, -0.15) is 0 Å². The topological polar surface area (TPSA) is 0 Å². The van der Waals surface area contributed by atoms with Crippen LogP contribution in [0.1, 0.15) is 99.3 Å². The van der Waals surface area contributed by atoms with Gasteiger partial charge < -0.3 is 0 Å². The van der Waals surface area contributed by atoms with Gasteiger partial charge in [0.1, 0.15) is 16.7 Å². The summed E-state index contributed by atoms with van der Waals surface area (Å²) in [5, 5.41) is -0.481. The Morgan fingerprint density at radius 2 is 1.66 bits per heavy atom. The van der Waals surface area contributed by atoms with Gasteiger partial charge in [0, 0.05) is 11.1 Å². The number of rotatable bonds is 6. The van der Waals surface area contributed by atoms with E-state index in [0.29, 0.717) is 11.5 Å². The third-order valence-electron chi connectivity index (χ3n) is 7.47. The fraction of sp³-hybridized carbons (Fsp3) is 0.517. The molecule has 1 saturated carbocycles. The lowest BCUT2D eigenvalue weighted by atomic mass is 9.64. The van der Waals surface area contributed by atoms with Crippen molar-refractivity contribution in [1.29, 1.82) is 0 Å². The molecule has 4 rings (SSSR count). The van der Waals surface area contributed by atoms with Crippen molar-refractivity contribution in [3.63, 3.8) is 0 Å². The predicted octanol–water partition coefficient (Wildman–Crippen LogP) is 8.82. The van der Waals surface area contributed by atoms with Gasteiger partial charge >= 0.3 is 0 Å². The van der Waals surface area contributed by atoms with Crippen LogP contribution in [0, 0.1) is 35.3 Å². The van der Waals surface area contributed by atoms with Crippen LogP contribution in [0.15, 0.2) is 30.3 Å². The molecule has 0 aliphatic heterocycles. The molecular formula is C29H33ClF2. The van der Waals surface area contributed by atoms with Crippen molar-refractivity contribution < 1.29 is 8.78 Å². The molecule has 0 aromatic heterocycles. The quantitative estimate of drug-likeness (QED) is 0.232. The molecule has 2 aliphatic carbocycles. The molecule has 0 radical (unpaired) electrons. The van der Waals surface area contributed by atoms with Gasteiger partial charge in [0.05, 0.1) is 0 Å². The molecule has 2 aliphatic rings. The highest BCUT2D eigenvalue weighted by Gasteiger charge is 2.34. The summed E-state index contributed by atoms with van der Waals surface area (Å²) < 4.78 is 27.3. The van der Waals surface area contributed by atoms with E-state index in [0.717, 1.165) is 23.8 Å². The van der Waals surface area contributed by atoms with Gasteiger partial charge in [0.2, 0.25) is 0 Å². The summed E-state index contributed by atoms with van der Waals surface area (Å²) in [6.07, 6.45) is 14.8. The Bertz CT molecular complexity index is 977. The van der Waals surface area contributed by atoms with Crippen molar-refractivity contribution in [2.24, 2.45) is 11.8 Å². The zero-order valence-corrected chi connectivity index (χ0v) is 19.8. The summed E-state index contributed by atoms with van der Waals surface area (Å²) in [5.41, 5.74) is 4.12. The number of unbranched alkanes of at least 4 members (excludes halogenated alkanes) is 4. The lowest BCUT2D eigenvalue weighted by molar-refractivity contribution is 0.199. The van der Waals surface area contributed by atoms with Crippen molar-refractivity contribution in [3.8, 4) is 11.8 Å². The summed E-state index contributed by atoms with van der Waals surface area (Å²) >= 11 is 5.56. The van der Waals surface area contributed by atoms with E-state index in [1.54, 1.807) is 0 Å². The summed E-state index contributed by atoms with van der Waals surface area (Å²) in [7, 11) is 0. The van der Waals surface area contributed by atoms with Crippen LogP contribution in [-0.4, -0.2) is 0 Å². The van der Waals surface area contributed by atoms with Crippen molar-refractivity contribution in [2.75, 3.05) is 0 Å². The van der Waals surface area contributed by atoms with E-state index in [-0.39, 0.29) is 0 Å². The molecule has 0 nitrogen and oxygen atoms in total. The average molecular weight is 455 g/mol. The van der Waals surface area contributed by atoms with Crippen LogP contribution in [0.3, 0.4) is 0 Å². The molecule has 0 saturated heterocycles. The third kappa shape index (κ3) is 5.55. The maximum Gasteiger partial charge on any atom is 0.146 e. The molecule has 170 valence electrons. The van der Waals surface area contributed by atoms with Gasteiger partial charge in [-0.3, -0.25) is 0 Å². The minimum absolute atomic E-state index is 0.301. The molecule has 0 N–H and O–H groups in total. The number of benzene rings is 2. The van der Waals surface area contributed by atoms with Crippen molar-refractivity contribution in [3.05, 3.63) is 69.2 Å². The zero-order valence-electron chi connectivity index (χ0n) is 19.0. The first-order chi connectivity index (χ1) is 15.5. The number of halogens is 3. The molecule has 3 heteroatoms. The number of aryl methyl sites for hydroxylation is 1. The van der Waals surface area contributed by atoms with Crippen LogP contribution in [0.25, 0.3) is 0 Å². The van der Waals surface area contributed by atoms with E-state index in [4.69, 9.17) is 11.6 Å². The molecule has 0 unspecified atom stereocenters. The Kier molecular flexibility index (Phi) is 7.90. The Morgan fingerprint density at radius 3 is 2.44 bits per heavy atom. The molecule has 0 spiro atoms. The predicted molar refractivity (Wildman–Crippen MR) is 129 cm³/mol. The molecule has 3 atom stereocenters. The maximum absolute atomic E-state index is 13.7. The highest BCUT2D eigenvalue weighted by molar-refractivity contribution is 6.30. The first-order valence-corrected chi connectivity index (χ1v) is 12.7. The standard InChI is InChI=1S/C29H33ClF2/c1-2-3-4-5-6-7-20-10-14-25-23(16-20)12-13-24-17-21(11-15-26(24)25)8-9-22-18-27(31)29(30)28(32)19-22/h11,15,17-20,23,25H,2-7,10,12-14,16H2,1H3/t20-,23-,25+/m1/s1. The summed E-state index contributed by atoms with van der Waals surface area (Å²) in [4.78, 5) is 0. The summed E-state index contributed by atoms with van der Waals surface area (Å²) in [6, 6.07) is 8.87. The van der Waals surface area contributed by atoms with Crippen LogP contribution in [-0.2, 0) is 6.42 Å². The first-order valence-electron chi connectivity index (χ1n) is 12.3. The minimum atomic E-state index is -0.774. The van der Waals surface area contributed by atoms with E-state index in [9.17, 15) is 8.78 Å². The fourth-order valence-corrected chi connectivity index (χ4v) is 5.87. The second kappa shape index (κ2) is 10.8. The van der Waals surface area contributed by atoms with Gasteiger partial charge in [-0.25, -0.2) is 8.78 Å². The highest BCUT2D eigenvalue weighted by Crippen LogP contribution is 2.48. The van der Waals surface area contributed by atoms with Gasteiger partial charge in [0.25, 0.3) is 0 Å². The minimum Gasteiger partial charge on any atom is -0.205 e. The molecule has 32 heavy (non-hydrogen) atoms. The summed E-state index contributed by atoms with van der Waals surface area (Å²) in [5.74, 6) is 6.85. The lowest BCUT2D eigenvalue weighted by Crippen LogP contribution is -2.28. The molecule has 0 amide bonds. The van der Waals surface area contributed by atoms with E-state index in [1.165, 1.54) is 87.5 Å². The molecule has 1 fully saturated rings. The maximum atomic E-state index is 13.7. The second-order valence-corrected chi connectivity index (χ2v) is 10.1. The molecule has 0 heterocycles. The fourth-order valence-electron chi connectivity index (χ4n) is 5.76. The number of hydrogen-bond acceptors (Lipinski definition) is 0. The molecule has 2 aromatic carbocycles. The highest BCUT2D eigenvalue weighted by atomic mass is 35.5. The third-order valence-corrected chi connectivity index (χ3v) is 7.83. The van der Waals surface area contributed by atoms with Crippen LogP contribution in [0.2, 0.25) is 5.02 Å². The smallest absolute Gasteiger partial charge is 0.146 e. The first kappa shape index (κ1) is 23.3. The largest absolute Gasteiger partial charge is 0.205 e. The number of fused-ring (bicyclic) bond motifs is 3. The van der Waals surface area contributed by atoms with Crippen LogP contribution in [0.5, 0.6) is 0 Å². The zero-order chi connectivity index (χ0) is 22.5. The van der Waals surface area contributed by atoms with Gasteiger partial charge in [-0.05, 0) is 85.3 Å². The van der Waals surface area contributed by atoms with Crippen molar-refractivity contribution >= 4 is 11.6 Å². The Labute approximate surface area is 196 Å². The monoisotopic (exact) mass is 454 g/mol. The number of hydrogen-bond donors (Lipinski definition) is 0. The van der Waals surface area contributed by atoms with Crippen molar-refractivity contribution in [2.45, 2.75) is 83.5 Å². The summed E-state index contributed by atoms with van der Waals surface area (Å²) in [6.45, 7) is 2.28. The van der Waals surface area contributed by atoms with Crippen molar-refractivity contribution in [1.82, 2.24) is 0 Å². The van der Waals surface area contributed by atoms with E-state index in [1.807, 2.05) is 0 Å². The second-order valence-electron chi connectivity index (χ2n) is 9.70. The Morgan fingerprint density at radius 1 is 0.906 bits per heavy atom. The Hall–Kier alpha value is -1.85. The normalized spacial score (nSPS) is 21.9. The molecule has 2 aromatic rings. The van der Waals surface area contributed by atoms with E-state index < -0.39 is 16.7 Å². The molecule has 0 bridgehead atoms.